The van der Waals surface area contributed by atoms with E-state index in [1.165, 1.54) is 70.6 Å². The molecule has 0 unspecified atom stereocenters. The Morgan fingerprint density at radius 1 is 0.897 bits per heavy atom. The number of rotatable bonds is 6. The van der Waals surface area contributed by atoms with Crippen LogP contribution >= 0.6 is 0 Å². The van der Waals surface area contributed by atoms with Gasteiger partial charge < -0.3 is 49.8 Å². The second kappa shape index (κ2) is 20.7. The first-order valence-electron chi connectivity index (χ1n) is 23.2. The Labute approximate surface area is 398 Å². The Kier molecular flexibility index (Phi) is 15.7. The van der Waals surface area contributed by atoms with E-state index in [9.17, 15) is 39.9 Å². The number of nitrogens with one attached hydrogen (secondary N) is 1. The lowest BCUT2D eigenvalue weighted by Crippen LogP contribution is -2.54. The van der Waals surface area contributed by atoms with Gasteiger partial charge in [0, 0.05) is 80.8 Å². The van der Waals surface area contributed by atoms with Crippen LogP contribution in [0.3, 0.4) is 0 Å². The van der Waals surface area contributed by atoms with Gasteiger partial charge >= 0.3 is 11.8 Å². The van der Waals surface area contributed by atoms with Crippen LogP contribution in [0.2, 0.25) is 0 Å². The molecule has 1 amide bonds. The fraction of sp³-hybridized carbons (Fsp3) is 0.500. The summed E-state index contributed by atoms with van der Waals surface area (Å²) in [6.45, 7) is 20.7. The van der Waals surface area contributed by atoms with Crippen molar-refractivity contribution < 1.29 is 58.9 Å². The first-order chi connectivity index (χ1) is 32.0. The van der Waals surface area contributed by atoms with Crippen LogP contribution in [0.5, 0.6) is 23.0 Å². The molecule has 1 fully saturated rings. The number of phenols is 3. The number of nitrogens with zero attached hydrogens (tertiary/aromatic N) is 3. The number of methoxy groups -OCH3 is 1. The number of hydrazone groups is 1. The van der Waals surface area contributed by atoms with E-state index in [0.717, 1.165) is 6.54 Å². The van der Waals surface area contributed by atoms with E-state index in [2.05, 4.69) is 34.5 Å². The minimum absolute atomic E-state index is 0.0501. The smallest absolute Gasteiger partial charge is 0.312 e. The molecule has 7 rings (SSSR count). The zero-order valence-electron chi connectivity index (χ0n) is 41.1. The molecule has 3 aromatic carbocycles. The molecule has 368 valence electrons. The van der Waals surface area contributed by atoms with Crippen LogP contribution in [-0.2, 0) is 30.3 Å². The number of anilines is 1. The fourth-order valence-corrected chi connectivity index (χ4v) is 9.73. The van der Waals surface area contributed by atoms with Crippen LogP contribution < -0.4 is 10.1 Å². The van der Waals surface area contributed by atoms with Crippen molar-refractivity contribution in [3.8, 4) is 23.0 Å². The molecule has 3 aromatic rings. The number of aliphatic hydroxyl groups excluding tert-OH is 2. The normalized spacial score (nSPS) is 29.9. The minimum Gasteiger partial charge on any atom is -0.507 e. The van der Waals surface area contributed by atoms with Gasteiger partial charge in [0.2, 0.25) is 0 Å². The molecular weight excluding hydrogens is 873 g/mol. The monoisotopic (exact) mass is 940 g/mol. The number of fused-ring (bicyclic) bond motifs is 14. The lowest BCUT2D eigenvalue weighted by Gasteiger charge is -2.42. The maximum atomic E-state index is 14.7. The SMILES string of the molecule is CO[C@@H]1C=CO[C@@]2(C)Oc3c(C)c(O)c4c(O)c(c(C=NN5[C@H](C)CN(Cc6ccc(C)cc6)C[C@@H]5C)c(O)c4c3C2=O)NC(=O)C(C)=CC=C[C@H](C)[C@H](O)[C@H](C)[C@H](O)[C@H](C)[C@@H](OC(C)=O)[C@@H]1C. The van der Waals surface area contributed by atoms with Crippen molar-refractivity contribution in [3.63, 3.8) is 0 Å². The standard InChI is InChI=1S/C52H68N4O12/c1-26-16-18-36(19-17-26)25-55-23-29(4)56(30(5)24-55)53-22-37-42-47(62)40-39(46(37)61)41-49(34(9)45(40)60)68-52(11,50(41)63)66-21-20-38(65-12)31(6)48(67-35(10)57)33(8)44(59)32(7)43(58)27(2)14-13-15-28(3)51(64)54-42/h13-22,27,29-33,38,43-44,48,58-62H,23-25H2,1-12H3,(H,54,64)/t27-,29-,30+,31+,32-,33-,38+,43-,44-,48-,52-/m0/s1. The number of carbonyl (C=O) groups is 3. The predicted octanol–water partition coefficient (Wildman–Crippen LogP) is 6.99. The molecular formula is C52H68N4O12. The minimum atomic E-state index is -2.07. The summed E-state index contributed by atoms with van der Waals surface area (Å²) in [7, 11) is 1.44. The summed E-state index contributed by atoms with van der Waals surface area (Å²) in [6.07, 6.45) is 4.89. The maximum Gasteiger partial charge on any atom is 0.312 e. The van der Waals surface area contributed by atoms with E-state index in [4.69, 9.17) is 24.0 Å². The lowest BCUT2D eigenvalue weighted by molar-refractivity contribution is -0.160. The molecule has 4 aliphatic heterocycles. The molecule has 0 aromatic heterocycles. The molecule has 4 aliphatic rings. The Morgan fingerprint density at radius 3 is 2.16 bits per heavy atom. The van der Waals surface area contributed by atoms with Crippen LogP contribution in [-0.4, -0.2) is 122 Å². The summed E-state index contributed by atoms with van der Waals surface area (Å²) in [6, 6.07) is 8.19. The summed E-state index contributed by atoms with van der Waals surface area (Å²) in [5.41, 5.74) is 1.97. The highest BCUT2D eigenvalue weighted by molar-refractivity contribution is 6.23. The van der Waals surface area contributed by atoms with E-state index in [-0.39, 0.29) is 56.6 Å². The van der Waals surface area contributed by atoms with Crippen LogP contribution in [0.25, 0.3) is 10.8 Å². The van der Waals surface area contributed by atoms with Crippen molar-refractivity contribution in [2.45, 2.75) is 125 Å². The van der Waals surface area contributed by atoms with Gasteiger partial charge in [-0.1, -0.05) is 75.8 Å². The number of carbonyl (C=O) groups excluding carboxylic acids is 3. The number of aryl methyl sites for hydroxylation is 1. The first kappa shape index (κ1) is 51.5. The highest BCUT2D eigenvalue weighted by Gasteiger charge is 2.50. The van der Waals surface area contributed by atoms with Crippen molar-refractivity contribution in [2.24, 2.45) is 28.8 Å². The first-order valence-corrected chi connectivity index (χ1v) is 23.2. The number of ketones is 1. The molecule has 16 heteroatoms. The number of allylic oxidation sites excluding steroid dienone is 2. The number of Topliss-reactive ketones (excluding diaryl/α,β-unsaturated/α-hetero) is 1. The molecule has 11 atom stereocenters. The molecule has 68 heavy (non-hydrogen) atoms. The van der Waals surface area contributed by atoms with Gasteiger partial charge in [-0.25, -0.2) is 0 Å². The molecule has 6 N–H and O–H groups in total. The lowest BCUT2D eigenvalue weighted by atomic mass is 9.78. The fourth-order valence-electron chi connectivity index (χ4n) is 9.73. The number of ether oxygens (including phenoxy) is 4. The number of hydrogen-bond donors (Lipinski definition) is 6. The maximum absolute atomic E-state index is 14.7. The molecule has 4 heterocycles. The summed E-state index contributed by atoms with van der Waals surface area (Å²) in [4.78, 5) is 43.4. The van der Waals surface area contributed by atoms with Crippen molar-refractivity contribution in [3.05, 3.63) is 88.2 Å². The molecule has 16 nitrogen and oxygen atoms in total. The van der Waals surface area contributed by atoms with Crippen molar-refractivity contribution in [2.75, 3.05) is 25.5 Å². The molecule has 0 spiro atoms. The van der Waals surface area contributed by atoms with Crippen molar-refractivity contribution in [1.29, 1.82) is 0 Å². The summed E-state index contributed by atoms with van der Waals surface area (Å²) >= 11 is 0. The van der Waals surface area contributed by atoms with Crippen molar-refractivity contribution >= 4 is 40.3 Å². The number of phenolic OH excluding ortho intramolecular Hbond substituents is 3. The van der Waals surface area contributed by atoms with E-state index in [1.54, 1.807) is 39.8 Å². The van der Waals surface area contributed by atoms with Gasteiger partial charge in [0.15, 0.2) is 5.75 Å². The third-order valence-electron chi connectivity index (χ3n) is 13.8. The largest absolute Gasteiger partial charge is 0.507 e. The number of hydrogen-bond acceptors (Lipinski definition) is 15. The van der Waals surface area contributed by atoms with Crippen LogP contribution in [0.1, 0.15) is 94.9 Å². The Morgan fingerprint density at radius 2 is 1.54 bits per heavy atom. The quantitative estimate of drug-likeness (QED) is 0.0635. The van der Waals surface area contributed by atoms with Crippen LogP contribution in [0.15, 0.2) is 65.5 Å². The molecule has 0 radical (unpaired) electrons. The highest BCUT2D eigenvalue weighted by atomic mass is 16.7. The number of piperazine rings is 1. The van der Waals surface area contributed by atoms with E-state index >= 15 is 0 Å². The van der Waals surface area contributed by atoms with Crippen LogP contribution in [0, 0.1) is 37.5 Å². The Hall–Kier alpha value is -5.94. The predicted molar refractivity (Wildman–Crippen MR) is 259 cm³/mol. The number of benzene rings is 3. The summed E-state index contributed by atoms with van der Waals surface area (Å²) in [5, 5.41) is 68.2. The highest BCUT2D eigenvalue weighted by Crippen LogP contribution is 2.55. The number of amides is 1. The van der Waals surface area contributed by atoms with Gasteiger partial charge in [0.05, 0.1) is 65.1 Å². The van der Waals surface area contributed by atoms with Gasteiger partial charge in [-0.05, 0) is 46.3 Å². The second-order valence-corrected chi connectivity index (χ2v) is 19.1. The van der Waals surface area contributed by atoms with Gasteiger partial charge in [-0.2, -0.15) is 5.10 Å². The van der Waals surface area contributed by atoms with Gasteiger partial charge in [-0.15, -0.1) is 0 Å². The Balaban J connectivity index is 1.48. The average molecular weight is 941 g/mol. The van der Waals surface area contributed by atoms with E-state index in [1.807, 2.05) is 25.8 Å². The van der Waals surface area contributed by atoms with Gasteiger partial charge in [0.25, 0.3) is 11.7 Å². The Bertz CT molecular complexity index is 2510. The zero-order valence-corrected chi connectivity index (χ0v) is 41.1. The van der Waals surface area contributed by atoms with Gasteiger partial charge in [0.1, 0.15) is 23.4 Å². The van der Waals surface area contributed by atoms with Gasteiger partial charge in [-0.3, -0.25) is 24.3 Å². The van der Waals surface area contributed by atoms with E-state index < -0.39 is 88.8 Å². The van der Waals surface area contributed by atoms with Crippen molar-refractivity contribution in [1.82, 2.24) is 9.91 Å². The average Bonchev–Trinajstić information content (AvgIpc) is 3.55. The number of aliphatic hydroxyl groups is 2. The van der Waals surface area contributed by atoms with E-state index in [0.29, 0.717) is 13.1 Å². The number of aromatic hydroxyl groups is 3. The third-order valence-corrected chi connectivity index (χ3v) is 13.8. The third kappa shape index (κ3) is 10.2. The molecule has 0 saturated carbocycles. The summed E-state index contributed by atoms with van der Waals surface area (Å²) < 4.78 is 23.8. The zero-order chi connectivity index (χ0) is 50.1. The number of esters is 1. The second-order valence-electron chi connectivity index (χ2n) is 19.1. The van der Waals surface area contributed by atoms with Crippen LogP contribution in [0.4, 0.5) is 5.69 Å². The molecule has 5 bridgehead atoms. The molecule has 0 aliphatic carbocycles. The topological polar surface area (TPSA) is 220 Å². The molecule has 1 saturated heterocycles. The summed E-state index contributed by atoms with van der Waals surface area (Å²) in [5.74, 6) is -8.46.